The van der Waals surface area contributed by atoms with Gasteiger partial charge in [-0.15, -0.1) is 0 Å². The first-order valence-electron chi connectivity index (χ1n) is 4.86. The monoisotopic (exact) mass is 184 g/mol. The standard InChI is InChI=1S/C10H20N2O/c1-3-5-6-8-12-10(13)9(11)7-4-2/h3,5,9H,4,6-8,11H2,1-2H3,(H,12,13)/b5-3+. The fourth-order valence-electron chi connectivity index (χ4n) is 1.02. The molecule has 3 heteroatoms. The molecular formula is C10H20N2O. The number of amides is 1. The third-order valence-corrected chi connectivity index (χ3v) is 1.78. The lowest BCUT2D eigenvalue weighted by atomic mass is 10.1. The molecule has 0 aliphatic carbocycles. The van der Waals surface area contributed by atoms with Gasteiger partial charge in [0.05, 0.1) is 6.04 Å². The highest BCUT2D eigenvalue weighted by Crippen LogP contribution is 1.92. The van der Waals surface area contributed by atoms with Gasteiger partial charge in [-0.3, -0.25) is 4.79 Å². The van der Waals surface area contributed by atoms with E-state index in [1.165, 1.54) is 0 Å². The van der Waals surface area contributed by atoms with Gasteiger partial charge in [0.2, 0.25) is 5.91 Å². The third-order valence-electron chi connectivity index (χ3n) is 1.78. The molecule has 0 aromatic rings. The number of nitrogens with two attached hydrogens (primary N) is 1. The predicted molar refractivity (Wildman–Crippen MR) is 55.3 cm³/mol. The second kappa shape index (κ2) is 7.80. The van der Waals surface area contributed by atoms with Crippen LogP contribution in [0.4, 0.5) is 0 Å². The van der Waals surface area contributed by atoms with Crippen molar-refractivity contribution in [2.24, 2.45) is 5.73 Å². The van der Waals surface area contributed by atoms with Crippen molar-refractivity contribution in [1.29, 1.82) is 0 Å². The lowest BCUT2D eigenvalue weighted by Gasteiger charge is -2.09. The summed E-state index contributed by atoms with van der Waals surface area (Å²) in [5, 5.41) is 2.79. The van der Waals surface area contributed by atoms with Crippen LogP contribution in [0.2, 0.25) is 0 Å². The quantitative estimate of drug-likeness (QED) is 0.481. The Balaban J connectivity index is 3.49. The molecule has 3 nitrogen and oxygen atoms in total. The van der Waals surface area contributed by atoms with Gasteiger partial charge in [-0.05, 0) is 19.8 Å². The molecule has 0 heterocycles. The molecule has 0 aromatic carbocycles. The first-order valence-corrected chi connectivity index (χ1v) is 4.86. The van der Waals surface area contributed by atoms with E-state index >= 15 is 0 Å². The van der Waals surface area contributed by atoms with Crippen molar-refractivity contribution in [2.45, 2.75) is 39.2 Å². The topological polar surface area (TPSA) is 55.1 Å². The van der Waals surface area contributed by atoms with Crippen LogP contribution in [0.25, 0.3) is 0 Å². The van der Waals surface area contributed by atoms with Gasteiger partial charge in [0.15, 0.2) is 0 Å². The smallest absolute Gasteiger partial charge is 0.236 e. The highest BCUT2D eigenvalue weighted by Gasteiger charge is 2.10. The van der Waals surface area contributed by atoms with E-state index in [2.05, 4.69) is 5.32 Å². The molecule has 0 radical (unpaired) electrons. The molecule has 1 atom stereocenters. The number of hydrogen-bond acceptors (Lipinski definition) is 2. The second-order valence-electron chi connectivity index (χ2n) is 3.04. The Labute approximate surface area is 80.4 Å². The average molecular weight is 184 g/mol. The number of rotatable bonds is 6. The van der Waals surface area contributed by atoms with Crippen molar-refractivity contribution in [3.8, 4) is 0 Å². The van der Waals surface area contributed by atoms with Gasteiger partial charge in [-0.2, -0.15) is 0 Å². The van der Waals surface area contributed by atoms with Crippen LogP contribution in [0.5, 0.6) is 0 Å². The first-order chi connectivity index (χ1) is 6.22. The van der Waals surface area contributed by atoms with E-state index in [4.69, 9.17) is 5.73 Å². The van der Waals surface area contributed by atoms with Gasteiger partial charge in [-0.1, -0.05) is 25.5 Å². The molecule has 76 valence electrons. The van der Waals surface area contributed by atoms with Crippen molar-refractivity contribution in [3.63, 3.8) is 0 Å². The Hall–Kier alpha value is -0.830. The summed E-state index contributed by atoms with van der Waals surface area (Å²) < 4.78 is 0. The van der Waals surface area contributed by atoms with E-state index in [0.717, 1.165) is 19.3 Å². The number of carbonyl (C=O) groups is 1. The minimum Gasteiger partial charge on any atom is -0.354 e. The second-order valence-corrected chi connectivity index (χ2v) is 3.04. The van der Waals surface area contributed by atoms with Gasteiger partial charge in [0.1, 0.15) is 0 Å². The molecule has 1 amide bonds. The van der Waals surface area contributed by atoms with Gasteiger partial charge < -0.3 is 11.1 Å². The Morgan fingerprint density at radius 1 is 1.62 bits per heavy atom. The normalized spacial score (nSPS) is 13.2. The molecule has 0 rings (SSSR count). The molecule has 3 N–H and O–H groups in total. The van der Waals surface area contributed by atoms with Crippen LogP contribution in [-0.4, -0.2) is 18.5 Å². The van der Waals surface area contributed by atoms with E-state index in [1.807, 2.05) is 26.0 Å². The van der Waals surface area contributed by atoms with Crippen LogP contribution in [0.1, 0.15) is 33.1 Å². The largest absolute Gasteiger partial charge is 0.354 e. The average Bonchev–Trinajstić information content (AvgIpc) is 2.12. The van der Waals surface area contributed by atoms with Crippen LogP contribution >= 0.6 is 0 Å². The summed E-state index contributed by atoms with van der Waals surface area (Å²) in [7, 11) is 0. The summed E-state index contributed by atoms with van der Waals surface area (Å²) in [5.74, 6) is -0.0358. The van der Waals surface area contributed by atoms with E-state index in [-0.39, 0.29) is 11.9 Å². The summed E-state index contributed by atoms with van der Waals surface area (Å²) >= 11 is 0. The molecule has 1 unspecified atom stereocenters. The van der Waals surface area contributed by atoms with Crippen molar-refractivity contribution in [2.75, 3.05) is 6.54 Å². The minimum absolute atomic E-state index is 0.0358. The van der Waals surface area contributed by atoms with E-state index in [1.54, 1.807) is 0 Å². The van der Waals surface area contributed by atoms with Crippen molar-refractivity contribution in [3.05, 3.63) is 12.2 Å². The highest BCUT2D eigenvalue weighted by atomic mass is 16.2. The predicted octanol–water partition coefficient (Wildman–Crippen LogP) is 1.20. The first kappa shape index (κ1) is 12.2. The third kappa shape index (κ3) is 6.34. The number of allylic oxidation sites excluding steroid dienone is 1. The number of carbonyl (C=O) groups excluding carboxylic acids is 1. The summed E-state index contributed by atoms with van der Waals surface area (Å²) in [6, 6.07) is -0.337. The van der Waals surface area contributed by atoms with Crippen molar-refractivity contribution in [1.82, 2.24) is 5.32 Å². The Bertz CT molecular complexity index is 166. The summed E-state index contributed by atoms with van der Waals surface area (Å²) in [6.07, 6.45) is 6.57. The SMILES string of the molecule is C/C=C/CCNC(=O)C(N)CCC. The summed E-state index contributed by atoms with van der Waals surface area (Å²) in [5.41, 5.74) is 5.61. The fraction of sp³-hybridized carbons (Fsp3) is 0.700. The fourth-order valence-corrected chi connectivity index (χ4v) is 1.02. The van der Waals surface area contributed by atoms with Crippen LogP contribution in [0.3, 0.4) is 0 Å². The summed E-state index contributed by atoms with van der Waals surface area (Å²) in [6.45, 7) is 4.66. The number of nitrogens with one attached hydrogen (secondary N) is 1. The van der Waals surface area contributed by atoms with Gasteiger partial charge in [-0.25, -0.2) is 0 Å². The molecular weight excluding hydrogens is 164 g/mol. The molecule has 0 fully saturated rings. The molecule has 13 heavy (non-hydrogen) atoms. The van der Waals surface area contributed by atoms with Crippen LogP contribution in [0, 0.1) is 0 Å². The van der Waals surface area contributed by atoms with E-state index in [9.17, 15) is 4.79 Å². The molecule has 0 aromatic heterocycles. The maximum absolute atomic E-state index is 11.2. The van der Waals surface area contributed by atoms with Gasteiger partial charge >= 0.3 is 0 Å². The zero-order valence-electron chi connectivity index (χ0n) is 8.55. The lowest BCUT2D eigenvalue weighted by Crippen LogP contribution is -2.40. The van der Waals surface area contributed by atoms with E-state index in [0.29, 0.717) is 6.54 Å². The minimum atomic E-state index is -0.337. The summed E-state index contributed by atoms with van der Waals surface area (Å²) in [4.78, 5) is 11.2. The molecule has 0 aliphatic rings. The number of hydrogen-bond donors (Lipinski definition) is 2. The molecule has 0 aliphatic heterocycles. The van der Waals surface area contributed by atoms with Crippen LogP contribution < -0.4 is 11.1 Å². The zero-order valence-corrected chi connectivity index (χ0v) is 8.55. The Morgan fingerprint density at radius 2 is 2.31 bits per heavy atom. The van der Waals surface area contributed by atoms with Crippen molar-refractivity contribution < 1.29 is 4.79 Å². The van der Waals surface area contributed by atoms with Crippen molar-refractivity contribution >= 4 is 5.91 Å². The Kier molecular flexibility index (Phi) is 7.30. The van der Waals surface area contributed by atoms with Gasteiger partial charge in [0.25, 0.3) is 0 Å². The maximum Gasteiger partial charge on any atom is 0.236 e. The van der Waals surface area contributed by atoms with Gasteiger partial charge in [0, 0.05) is 6.54 Å². The Morgan fingerprint density at radius 3 is 2.85 bits per heavy atom. The molecule has 0 spiro atoms. The molecule has 0 saturated carbocycles. The maximum atomic E-state index is 11.2. The zero-order chi connectivity index (χ0) is 10.1. The highest BCUT2D eigenvalue weighted by molar-refractivity contribution is 5.81. The molecule has 0 saturated heterocycles. The molecule has 0 bridgehead atoms. The van der Waals surface area contributed by atoms with Crippen LogP contribution in [0.15, 0.2) is 12.2 Å². The van der Waals surface area contributed by atoms with Crippen LogP contribution in [-0.2, 0) is 4.79 Å². The lowest BCUT2D eigenvalue weighted by molar-refractivity contribution is -0.122. The van der Waals surface area contributed by atoms with E-state index < -0.39 is 0 Å².